The van der Waals surface area contributed by atoms with Gasteiger partial charge in [0.1, 0.15) is 11.4 Å². The largest absolute Gasteiger partial charge is 0.472 e. The van der Waals surface area contributed by atoms with Crippen LogP contribution in [-0.4, -0.2) is 57.5 Å². The van der Waals surface area contributed by atoms with Crippen LogP contribution in [0.3, 0.4) is 0 Å². The maximum absolute atomic E-state index is 13.0. The van der Waals surface area contributed by atoms with Crippen molar-refractivity contribution in [3.05, 3.63) is 42.4 Å². The molecule has 0 aromatic carbocycles. The Morgan fingerprint density at radius 2 is 2.04 bits per heavy atom. The SMILES string of the molecule is O=C(C1Cn2ccnc2C2(CCN(Cc3ccoc3)CC2)O1)N1CCCC1. The number of ether oxygens (including phenoxy) is 1. The van der Waals surface area contributed by atoms with E-state index >= 15 is 0 Å². The van der Waals surface area contributed by atoms with Crippen molar-refractivity contribution in [2.75, 3.05) is 26.2 Å². The van der Waals surface area contributed by atoms with Crippen LogP contribution in [0, 0.1) is 0 Å². The molecule has 1 atom stereocenters. The third kappa shape index (κ3) is 3.08. The number of amides is 1. The van der Waals surface area contributed by atoms with Crippen LogP contribution < -0.4 is 0 Å². The Labute approximate surface area is 158 Å². The lowest BCUT2D eigenvalue weighted by atomic mass is 9.88. The molecule has 5 rings (SSSR count). The van der Waals surface area contributed by atoms with E-state index in [2.05, 4.69) is 14.5 Å². The topological polar surface area (TPSA) is 63.7 Å². The highest BCUT2D eigenvalue weighted by Gasteiger charge is 2.47. The number of nitrogens with zero attached hydrogens (tertiary/aromatic N) is 4. The molecule has 1 spiro atoms. The third-order valence-corrected chi connectivity index (χ3v) is 6.20. The number of piperidine rings is 1. The van der Waals surface area contributed by atoms with Crippen molar-refractivity contribution in [3.8, 4) is 0 Å². The Kier molecular flexibility index (Phi) is 4.28. The van der Waals surface area contributed by atoms with Crippen molar-refractivity contribution >= 4 is 5.91 Å². The summed E-state index contributed by atoms with van der Waals surface area (Å²) >= 11 is 0. The molecule has 1 unspecified atom stereocenters. The number of carbonyl (C=O) groups excluding carboxylic acids is 1. The number of aromatic nitrogens is 2. The Morgan fingerprint density at radius 3 is 2.78 bits per heavy atom. The number of hydrogen-bond acceptors (Lipinski definition) is 5. The number of fused-ring (bicyclic) bond motifs is 2. The van der Waals surface area contributed by atoms with Crippen molar-refractivity contribution < 1.29 is 13.9 Å². The van der Waals surface area contributed by atoms with E-state index in [1.165, 1.54) is 5.56 Å². The number of furan rings is 1. The second kappa shape index (κ2) is 6.80. The first-order valence-corrected chi connectivity index (χ1v) is 9.95. The summed E-state index contributed by atoms with van der Waals surface area (Å²) in [7, 11) is 0. The molecule has 0 bridgehead atoms. The van der Waals surface area contributed by atoms with Gasteiger partial charge in [-0.1, -0.05) is 0 Å². The van der Waals surface area contributed by atoms with Crippen LogP contribution in [0.25, 0.3) is 0 Å². The van der Waals surface area contributed by atoms with Gasteiger partial charge in [0.25, 0.3) is 5.91 Å². The van der Waals surface area contributed by atoms with E-state index in [1.54, 1.807) is 12.5 Å². The quantitative estimate of drug-likeness (QED) is 0.827. The van der Waals surface area contributed by atoms with Crippen LogP contribution in [0.5, 0.6) is 0 Å². The van der Waals surface area contributed by atoms with Crippen LogP contribution in [0.15, 0.2) is 35.4 Å². The van der Waals surface area contributed by atoms with Gasteiger partial charge in [-0.2, -0.15) is 0 Å². The molecule has 7 nitrogen and oxygen atoms in total. The van der Waals surface area contributed by atoms with Crippen LogP contribution in [-0.2, 0) is 28.2 Å². The van der Waals surface area contributed by atoms with Crippen molar-refractivity contribution in [2.24, 2.45) is 0 Å². The Bertz CT molecular complexity index is 786. The second-order valence-corrected chi connectivity index (χ2v) is 7.94. The van der Waals surface area contributed by atoms with Crippen LogP contribution in [0.2, 0.25) is 0 Å². The molecule has 0 aliphatic carbocycles. The van der Waals surface area contributed by atoms with Crippen LogP contribution >= 0.6 is 0 Å². The molecule has 0 saturated carbocycles. The maximum Gasteiger partial charge on any atom is 0.253 e. The summed E-state index contributed by atoms with van der Waals surface area (Å²) in [6.45, 7) is 5.02. The van der Waals surface area contributed by atoms with Gasteiger partial charge in [-0.15, -0.1) is 0 Å². The van der Waals surface area contributed by atoms with Crippen molar-refractivity contribution in [1.29, 1.82) is 0 Å². The summed E-state index contributed by atoms with van der Waals surface area (Å²) in [5.74, 6) is 1.13. The molecular formula is C20H26N4O3. The fourth-order valence-corrected chi connectivity index (χ4v) is 4.72. The van der Waals surface area contributed by atoms with E-state index in [0.717, 1.165) is 64.2 Å². The fourth-order valence-electron chi connectivity index (χ4n) is 4.72. The van der Waals surface area contributed by atoms with E-state index < -0.39 is 11.7 Å². The first kappa shape index (κ1) is 17.0. The molecule has 2 fully saturated rings. The molecule has 3 aliphatic rings. The van der Waals surface area contributed by atoms with E-state index in [9.17, 15) is 4.79 Å². The van der Waals surface area contributed by atoms with E-state index in [0.29, 0.717) is 6.54 Å². The van der Waals surface area contributed by atoms with Gasteiger partial charge in [0.15, 0.2) is 6.10 Å². The van der Waals surface area contributed by atoms with Gasteiger partial charge < -0.3 is 18.6 Å². The molecule has 1 amide bonds. The Morgan fingerprint density at radius 1 is 1.22 bits per heavy atom. The molecule has 0 radical (unpaired) electrons. The molecular weight excluding hydrogens is 344 g/mol. The molecule has 2 aromatic rings. The molecule has 27 heavy (non-hydrogen) atoms. The normalized spacial score (nSPS) is 25.0. The number of hydrogen-bond donors (Lipinski definition) is 0. The predicted molar refractivity (Wildman–Crippen MR) is 97.8 cm³/mol. The molecule has 7 heteroatoms. The lowest BCUT2D eigenvalue weighted by molar-refractivity contribution is -0.180. The Hall–Kier alpha value is -2.12. The number of carbonyl (C=O) groups is 1. The van der Waals surface area contributed by atoms with Gasteiger partial charge in [-0.25, -0.2) is 4.98 Å². The monoisotopic (exact) mass is 370 g/mol. The van der Waals surface area contributed by atoms with Gasteiger partial charge in [-0.3, -0.25) is 9.69 Å². The van der Waals surface area contributed by atoms with E-state index in [1.807, 2.05) is 23.4 Å². The minimum absolute atomic E-state index is 0.145. The molecule has 2 aromatic heterocycles. The fraction of sp³-hybridized carbons (Fsp3) is 0.600. The zero-order valence-corrected chi connectivity index (χ0v) is 15.5. The summed E-state index contributed by atoms with van der Waals surface area (Å²) in [6.07, 6.45) is 10.9. The zero-order chi connectivity index (χ0) is 18.3. The van der Waals surface area contributed by atoms with Gasteiger partial charge >= 0.3 is 0 Å². The highest BCUT2D eigenvalue weighted by molar-refractivity contribution is 5.81. The summed E-state index contributed by atoms with van der Waals surface area (Å²) in [5, 5.41) is 0. The van der Waals surface area contributed by atoms with Gasteiger partial charge in [0.05, 0.1) is 19.1 Å². The third-order valence-electron chi connectivity index (χ3n) is 6.20. The minimum atomic E-state index is -0.450. The summed E-state index contributed by atoms with van der Waals surface area (Å²) < 4.78 is 13.9. The molecule has 2 saturated heterocycles. The molecule has 5 heterocycles. The molecule has 3 aliphatic heterocycles. The first-order valence-electron chi connectivity index (χ1n) is 9.95. The van der Waals surface area contributed by atoms with Gasteiger partial charge in [0, 0.05) is 50.7 Å². The summed E-state index contributed by atoms with van der Waals surface area (Å²) in [5.41, 5.74) is 0.744. The average Bonchev–Trinajstić information content (AvgIpc) is 3.45. The predicted octanol–water partition coefficient (Wildman–Crippen LogP) is 1.99. The van der Waals surface area contributed by atoms with Gasteiger partial charge in [0.2, 0.25) is 0 Å². The zero-order valence-electron chi connectivity index (χ0n) is 15.5. The summed E-state index contributed by atoms with van der Waals surface area (Å²) in [4.78, 5) is 22.0. The van der Waals surface area contributed by atoms with Crippen LogP contribution in [0.4, 0.5) is 0 Å². The number of likely N-dealkylation sites (tertiary alicyclic amines) is 2. The number of imidazole rings is 1. The van der Waals surface area contributed by atoms with Crippen LogP contribution in [0.1, 0.15) is 37.1 Å². The van der Waals surface area contributed by atoms with Gasteiger partial charge in [-0.05, 0) is 31.7 Å². The minimum Gasteiger partial charge on any atom is -0.472 e. The lowest BCUT2D eigenvalue weighted by Crippen LogP contribution is -2.54. The maximum atomic E-state index is 13.0. The smallest absolute Gasteiger partial charge is 0.253 e. The highest BCUT2D eigenvalue weighted by atomic mass is 16.5. The highest BCUT2D eigenvalue weighted by Crippen LogP contribution is 2.40. The Balaban J connectivity index is 1.33. The average molecular weight is 370 g/mol. The second-order valence-electron chi connectivity index (χ2n) is 7.94. The number of rotatable bonds is 3. The van der Waals surface area contributed by atoms with Crippen molar-refractivity contribution in [3.63, 3.8) is 0 Å². The van der Waals surface area contributed by atoms with Crippen molar-refractivity contribution in [2.45, 2.75) is 50.5 Å². The first-order chi connectivity index (χ1) is 13.2. The lowest BCUT2D eigenvalue weighted by Gasteiger charge is -2.46. The van der Waals surface area contributed by atoms with E-state index in [-0.39, 0.29) is 5.91 Å². The standard InChI is InChI=1S/C20H26N4O3/c25-18(23-7-1-2-8-23)17-14-24-11-6-21-19(24)20(27-17)4-9-22(10-5-20)13-16-3-12-26-15-16/h3,6,11-12,15,17H,1-2,4-5,7-10,13-14H2. The van der Waals surface area contributed by atoms with E-state index in [4.69, 9.17) is 9.15 Å². The van der Waals surface area contributed by atoms with Crippen molar-refractivity contribution in [1.82, 2.24) is 19.4 Å². The molecule has 0 N–H and O–H groups in total. The molecule has 144 valence electrons. The summed E-state index contributed by atoms with van der Waals surface area (Å²) in [6, 6.07) is 2.01.